The van der Waals surface area contributed by atoms with Crippen LogP contribution in [0.25, 0.3) is 0 Å². The van der Waals surface area contributed by atoms with E-state index in [2.05, 4.69) is 4.98 Å². The molecule has 1 saturated carbocycles. The minimum Gasteiger partial charge on any atom is -0.369 e. The van der Waals surface area contributed by atoms with E-state index in [1.54, 1.807) is 12.4 Å². The van der Waals surface area contributed by atoms with Crippen LogP contribution in [0.2, 0.25) is 0 Å². The van der Waals surface area contributed by atoms with Gasteiger partial charge in [0, 0.05) is 18.3 Å². The van der Waals surface area contributed by atoms with Crippen molar-refractivity contribution >= 4 is 5.91 Å². The minimum atomic E-state index is -0.553. The lowest BCUT2D eigenvalue weighted by Crippen LogP contribution is -2.52. The third-order valence-corrected chi connectivity index (χ3v) is 4.26. The summed E-state index contributed by atoms with van der Waals surface area (Å²) in [4.78, 5) is 16.1. The van der Waals surface area contributed by atoms with Crippen molar-refractivity contribution in [2.75, 3.05) is 0 Å². The van der Waals surface area contributed by atoms with Gasteiger partial charge in [-0.3, -0.25) is 9.78 Å². The summed E-state index contributed by atoms with van der Waals surface area (Å²) in [6, 6.07) is 13.8. The van der Waals surface area contributed by atoms with Gasteiger partial charge in [0.05, 0.1) is 5.41 Å². The first kappa shape index (κ1) is 11.9. The normalized spacial score (nSPS) is 25.6. The predicted octanol–water partition coefficient (Wildman–Crippen LogP) is 2.38. The Morgan fingerprint density at radius 3 is 2.37 bits per heavy atom. The molecular weight excluding hydrogens is 236 g/mol. The van der Waals surface area contributed by atoms with E-state index in [9.17, 15) is 4.79 Å². The van der Waals surface area contributed by atoms with Gasteiger partial charge in [0.1, 0.15) is 0 Å². The van der Waals surface area contributed by atoms with E-state index in [-0.39, 0.29) is 11.8 Å². The quantitative estimate of drug-likeness (QED) is 0.911. The second kappa shape index (κ2) is 4.50. The molecule has 3 rings (SSSR count). The molecule has 3 nitrogen and oxygen atoms in total. The number of pyridine rings is 1. The maximum absolute atomic E-state index is 12.1. The van der Waals surface area contributed by atoms with E-state index in [1.807, 2.05) is 42.5 Å². The maximum Gasteiger partial charge on any atom is 0.228 e. The second-order valence-electron chi connectivity index (χ2n) is 5.07. The molecule has 3 heteroatoms. The van der Waals surface area contributed by atoms with Crippen LogP contribution in [0.1, 0.15) is 29.9 Å². The average Bonchev–Trinajstić information content (AvgIpc) is 2.40. The van der Waals surface area contributed by atoms with Gasteiger partial charge in [-0.25, -0.2) is 0 Å². The minimum absolute atomic E-state index is 0.162. The third kappa shape index (κ3) is 1.73. The smallest absolute Gasteiger partial charge is 0.228 e. The van der Waals surface area contributed by atoms with Gasteiger partial charge in [0.2, 0.25) is 5.91 Å². The highest BCUT2D eigenvalue weighted by molar-refractivity contribution is 5.89. The molecule has 0 aliphatic heterocycles. The van der Waals surface area contributed by atoms with Gasteiger partial charge in [-0.05, 0) is 36.1 Å². The highest BCUT2D eigenvalue weighted by Crippen LogP contribution is 2.54. The van der Waals surface area contributed by atoms with Crippen molar-refractivity contribution in [2.45, 2.75) is 24.2 Å². The molecule has 1 aromatic heterocycles. The van der Waals surface area contributed by atoms with Crippen LogP contribution in [0.4, 0.5) is 0 Å². The number of rotatable bonds is 3. The molecule has 0 radical (unpaired) electrons. The highest BCUT2D eigenvalue weighted by Gasteiger charge is 2.53. The number of primary amides is 1. The Bertz CT molecular complexity index is 582. The van der Waals surface area contributed by atoms with Crippen molar-refractivity contribution in [3.05, 3.63) is 66.0 Å². The molecule has 96 valence electrons. The number of carbonyl (C=O) groups is 1. The monoisotopic (exact) mass is 252 g/mol. The summed E-state index contributed by atoms with van der Waals surface area (Å²) in [6.45, 7) is 0. The zero-order chi connectivity index (χ0) is 13.3. The van der Waals surface area contributed by atoms with Gasteiger partial charge < -0.3 is 5.73 Å². The van der Waals surface area contributed by atoms with Crippen molar-refractivity contribution in [3.8, 4) is 0 Å². The molecule has 2 aromatic rings. The summed E-state index contributed by atoms with van der Waals surface area (Å²) in [5.74, 6) is -0.0674. The maximum atomic E-state index is 12.1. The van der Waals surface area contributed by atoms with Crippen LogP contribution in [0.3, 0.4) is 0 Å². The Balaban J connectivity index is 2.06. The van der Waals surface area contributed by atoms with Gasteiger partial charge in [0.25, 0.3) is 0 Å². The fourth-order valence-corrected chi connectivity index (χ4v) is 3.14. The van der Waals surface area contributed by atoms with Crippen molar-refractivity contribution < 1.29 is 4.79 Å². The fourth-order valence-electron chi connectivity index (χ4n) is 3.14. The molecule has 1 aromatic carbocycles. The fraction of sp³-hybridized carbons (Fsp3) is 0.250. The summed E-state index contributed by atoms with van der Waals surface area (Å²) in [6.07, 6.45) is 5.34. The number of nitrogens with zero attached hydrogens (tertiary/aromatic N) is 1. The molecular formula is C16H16N2O. The number of benzene rings is 1. The van der Waals surface area contributed by atoms with Gasteiger partial charge >= 0.3 is 0 Å². The molecule has 1 heterocycles. The average molecular weight is 252 g/mol. The molecule has 19 heavy (non-hydrogen) atoms. The zero-order valence-corrected chi connectivity index (χ0v) is 10.6. The first-order chi connectivity index (χ1) is 9.25. The van der Waals surface area contributed by atoms with E-state index < -0.39 is 5.41 Å². The van der Waals surface area contributed by atoms with E-state index in [0.717, 1.165) is 24.0 Å². The van der Waals surface area contributed by atoms with E-state index in [0.29, 0.717) is 0 Å². The van der Waals surface area contributed by atoms with Crippen molar-refractivity contribution in [1.29, 1.82) is 0 Å². The Morgan fingerprint density at radius 2 is 1.84 bits per heavy atom. The zero-order valence-electron chi connectivity index (χ0n) is 10.6. The van der Waals surface area contributed by atoms with E-state index in [1.165, 1.54) is 0 Å². The highest BCUT2D eigenvalue weighted by atomic mass is 16.1. The topological polar surface area (TPSA) is 56.0 Å². The summed E-state index contributed by atoms with van der Waals surface area (Å²) in [5, 5.41) is 0. The van der Waals surface area contributed by atoms with Crippen LogP contribution < -0.4 is 5.73 Å². The number of nitrogens with two attached hydrogens (primary N) is 1. The van der Waals surface area contributed by atoms with Gasteiger partial charge in [-0.15, -0.1) is 0 Å². The first-order valence-corrected chi connectivity index (χ1v) is 6.50. The SMILES string of the molecule is NC(=O)C1(c2ccccc2)CCC1c1ccncc1. The van der Waals surface area contributed by atoms with Crippen molar-refractivity contribution in [3.63, 3.8) is 0 Å². The van der Waals surface area contributed by atoms with Crippen LogP contribution in [0, 0.1) is 0 Å². The molecule has 2 atom stereocenters. The molecule has 0 spiro atoms. The Morgan fingerprint density at radius 1 is 1.16 bits per heavy atom. The summed E-state index contributed by atoms with van der Waals surface area (Å²) >= 11 is 0. The van der Waals surface area contributed by atoms with Crippen LogP contribution in [0.5, 0.6) is 0 Å². The molecule has 2 N–H and O–H groups in total. The lowest BCUT2D eigenvalue weighted by Gasteiger charge is -2.48. The van der Waals surface area contributed by atoms with Crippen LogP contribution in [0.15, 0.2) is 54.9 Å². The number of aromatic nitrogens is 1. The van der Waals surface area contributed by atoms with E-state index >= 15 is 0 Å². The molecule has 1 fully saturated rings. The van der Waals surface area contributed by atoms with Crippen LogP contribution >= 0.6 is 0 Å². The first-order valence-electron chi connectivity index (χ1n) is 6.50. The van der Waals surface area contributed by atoms with Gasteiger partial charge in [-0.2, -0.15) is 0 Å². The largest absolute Gasteiger partial charge is 0.369 e. The molecule has 0 bridgehead atoms. The standard InChI is InChI=1S/C16H16N2O/c17-15(19)16(13-4-2-1-3-5-13)9-6-14(16)12-7-10-18-11-8-12/h1-5,7-8,10-11,14H,6,9H2,(H2,17,19). The molecule has 1 aliphatic carbocycles. The summed E-state index contributed by atoms with van der Waals surface area (Å²) < 4.78 is 0. The number of amides is 1. The number of carbonyl (C=O) groups excluding carboxylic acids is 1. The number of hydrogen-bond acceptors (Lipinski definition) is 2. The summed E-state index contributed by atoms with van der Waals surface area (Å²) in [7, 11) is 0. The van der Waals surface area contributed by atoms with Crippen molar-refractivity contribution in [2.24, 2.45) is 5.73 Å². The molecule has 0 saturated heterocycles. The van der Waals surface area contributed by atoms with Crippen LogP contribution in [-0.4, -0.2) is 10.9 Å². The molecule has 1 amide bonds. The summed E-state index contributed by atoms with van der Waals surface area (Å²) in [5.41, 5.74) is 7.35. The van der Waals surface area contributed by atoms with Crippen molar-refractivity contribution in [1.82, 2.24) is 4.98 Å². The Kier molecular flexibility index (Phi) is 2.82. The molecule has 1 aliphatic rings. The lowest BCUT2D eigenvalue weighted by atomic mass is 9.54. The van der Waals surface area contributed by atoms with Gasteiger partial charge in [-0.1, -0.05) is 30.3 Å². The van der Waals surface area contributed by atoms with E-state index in [4.69, 9.17) is 5.73 Å². The van der Waals surface area contributed by atoms with Crippen LogP contribution in [-0.2, 0) is 10.2 Å². The van der Waals surface area contributed by atoms with Gasteiger partial charge in [0.15, 0.2) is 0 Å². The molecule has 2 unspecified atom stereocenters. The predicted molar refractivity (Wildman–Crippen MR) is 73.5 cm³/mol. The number of hydrogen-bond donors (Lipinski definition) is 1. The second-order valence-corrected chi connectivity index (χ2v) is 5.07. The Hall–Kier alpha value is -2.16. The third-order valence-electron chi connectivity index (χ3n) is 4.26. The lowest BCUT2D eigenvalue weighted by molar-refractivity contribution is -0.127. The Labute approximate surface area is 112 Å².